The van der Waals surface area contributed by atoms with Gasteiger partial charge in [-0.05, 0) is 37.2 Å². The first kappa shape index (κ1) is 14.1. The molecule has 1 unspecified atom stereocenters. The van der Waals surface area contributed by atoms with Crippen LogP contribution in [0, 0.1) is 5.82 Å². The molecule has 0 aliphatic carbocycles. The number of furan rings is 1. The van der Waals surface area contributed by atoms with Crippen molar-refractivity contribution in [2.45, 2.75) is 25.8 Å². The molecular formula is C15H17ClFNO. The van der Waals surface area contributed by atoms with Gasteiger partial charge in [0.2, 0.25) is 0 Å². The van der Waals surface area contributed by atoms with Gasteiger partial charge in [0.15, 0.2) is 0 Å². The molecule has 4 heteroatoms. The molecule has 1 N–H and O–H groups in total. The van der Waals surface area contributed by atoms with Crippen LogP contribution in [0.25, 0.3) is 0 Å². The molecule has 0 radical (unpaired) electrons. The quantitative estimate of drug-likeness (QED) is 0.870. The van der Waals surface area contributed by atoms with E-state index < -0.39 is 0 Å². The summed E-state index contributed by atoms with van der Waals surface area (Å²) in [6, 6.07) is 8.66. The highest BCUT2D eigenvalue weighted by Gasteiger charge is 2.15. The minimum Gasteiger partial charge on any atom is -0.469 e. The zero-order valence-electron chi connectivity index (χ0n) is 10.8. The standard InChI is InChI=1S/C15H17ClFNO/c1-2-18-11(9-12-5-4-8-19-12)10-13-14(16)6-3-7-15(13)17/h3-8,11,18H,2,9-10H2,1H3. The van der Waals surface area contributed by atoms with Gasteiger partial charge in [0.1, 0.15) is 11.6 Å². The lowest BCUT2D eigenvalue weighted by Crippen LogP contribution is -2.33. The maximum atomic E-state index is 13.8. The predicted molar refractivity (Wildman–Crippen MR) is 75.0 cm³/mol. The highest BCUT2D eigenvalue weighted by Crippen LogP contribution is 2.21. The fraction of sp³-hybridized carbons (Fsp3) is 0.333. The van der Waals surface area contributed by atoms with Crippen LogP contribution < -0.4 is 5.32 Å². The van der Waals surface area contributed by atoms with Gasteiger partial charge in [0.25, 0.3) is 0 Å². The molecule has 0 fully saturated rings. The van der Waals surface area contributed by atoms with Crippen LogP contribution in [0.2, 0.25) is 5.02 Å². The van der Waals surface area contributed by atoms with E-state index in [1.54, 1.807) is 18.4 Å². The first-order valence-corrected chi connectivity index (χ1v) is 6.77. The number of hydrogen-bond acceptors (Lipinski definition) is 2. The molecule has 2 aromatic rings. The second-order valence-corrected chi connectivity index (χ2v) is 4.85. The Morgan fingerprint density at radius 1 is 1.26 bits per heavy atom. The minimum atomic E-state index is -0.255. The highest BCUT2D eigenvalue weighted by molar-refractivity contribution is 6.31. The lowest BCUT2D eigenvalue weighted by Gasteiger charge is -2.18. The van der Waals surface area contributed by atoms with E-state index in [1.165, 1.54) is 6.07 Å². The van der Waals surface area contributed by atoms with E-state index in [0.717, 1.165) is 12.3 Å². The Bertz CT molecular complexity index is 493. The summed E-state index contributed by atoms with van der Waals surface area (Å²) < 4.78 is 19.1. The Kier molecular flexibility index (Phi) is 5.00. The smallest absolute Gasteiger partial charge is 0.127 e. The van der Waals surface area contributed by atoms with Gasteiger partial charge in [-0.2, -0.15) is 0 Å². The van der Waals surface area contributed by atoms with Crippen LogP contribution in [0.3, 0.4) is 0 Å². The SMILES string of the molecule is CCNC(Cc1ccco1)Cc1c(F)cccc1Cl. The Hall–Kier alpha value is -1.32. The Labute approximate surface area is 117 Å². The predicted octanol–water partition coefficient (Wildman–Crippen LogP) is 3.84. The lowest BCUT2D eigenvalue weighted by molar-refractivity contribution is 0.440. The number of halogens is 2. The van der Waals surface area contributed by atoms with Gasteiger partial charge in [-0.1, -0.05) is 24.6 Å². The Morgan fingerprint density at radius 2 is 2.11 bits per heavy atom. The molecular weight excluding hydrogens is 265 g/mol. The van der Waals surface area contributed by atoms with Crippen molar-refractivity contribution in [1.82, 2.24) is 5.32 Å². The molecule has 0 bridgehead atoms. The van der Waals surface area contributed by atoms with E-state index in [1.807, 2.05) is 19.1 Å². The summed E-state index contributed by atoms with van der Waals surface area (Å²) in [6.45, 7) is 2.84. The molecule has 2 rings (SSSR count). The number of rotatable bonds is 6. The van der Waals surface area contributed by atoms with E-state index >= 15 is 0 Å². The molecule has 2 nitrogen and oxygen atoms in total. The lowest BCUT2D eigenvalue weighted by atomic mass is 10.0. The number of hydrogen-bond donors (Lipinski definition) is 1. The fourth-order valence-electron chi connectivity index (χ4n) is 2.15. The summed E-state index contributed by atoms with van der Waals surface area (Å²) in [7, 11) is 0. The van der Waals surface area contributed by atoms with Gasteiger partial charge in [0, 0.05) is 23.0 Å². The molecule has 0 amide bonds. The maximum absolute atomic E-state index is 13.8. The third-order valence-electron chi connectivity index (χ3n) is 3.03. The second kappa shape index (κ2) is 6.73. The van der Waals surface area contributed by atoms with Crippen LogP contribution >= 0.6 is 11.6 Å². The number of nitrogens with one attached hydrogen (secondary N) is 1. The summed E-state index contributed by atoms with van der Waals surface area (Å²) >= 11 is 6.06. The third kappa shape index (κ3) is 3.82. The van der Waals surface area contributed by atoms with Crippen molar-refractivity contribution >= 4 is 11.6 Å². The van der Waals surface area contributed by atoms with E-state index in [0.29, 0.717) is 23.4 Å². The molecule has 19 heavy (non-hydrogen) atoms. The average molecular weight is 282 g/mol. The van der Waals surface area contributed by atoms with Crippen molar-refractivity contribution in [2.75, 3.05) is 6.54 Å². The van der Waals surface area contributed by atoms with Crippen LogP contribution in [0.4, 0.5) is 4.39 Å². The number of benzene rings is 1. The van der Waals surface area contributed by atoms with Crippen LogP contribution in [0.5, 0.6) is 0 Å². The summed E-state index contributed by atoms with van der Waals surface area (Å²) in [5.74, 6) is 0.633. The molecule has 0 saturated carbocycles. The first-order valence-electron chi connectivity index (χ1n) is 6.39. The van der Waals surface area contributed by atoms with Gasteiger partial charge in [0.05, 0.1) is 6.26 Å². The van der Waals surface area contributed by atoms with Crippen LogP contribution in [-0.2, 0) is 12.8 Å². The van der Waals surface area contributed by atoms with Gasteiger partial charge >= 0.3 is 0 Å². The molecule has 0 aliphatic rings. The zero-order valence-corrected chi connectivity index (χ0v) is 11.6. The molecule has 1 atom stereocenters. The van der Waals surface area contributed by atoms with Crippen molar-refractivity contribution in [3.63, 3.8) is 0 Å². The summed E-state index contributed by atoms with van der Waals surface area (Å²) in [5.41, 5.74) is 0.557. The van der Waals surface area contributed by atoms with E-state index in [-0.39, 0.29) is 11.9 Å². The van der Waals surface area contributed by atoms with Crippen molar-refractivity contribution < 1.29 is 8.81 Å². The maximum Gasteiger partial charge on any atom is 0.127 e. The average Bonchev–Trinajstić information content (AvgIpc) is 2.87. The fourth-order valence-corrected chi connectivity index (χ4v) is 2.39. The van der Waals surface area contributed by atoms with Crippen LogP contribution in [0.1, 0.15) is 18.2 Å². The largest absolute Gasteiger partial charge is 0.469 e. The first-order chi connectivity index (χ1) is 9.20. The van der Waals surface area contributed by atoms with Gasteiger partial charge in [-0.3, -0.25) is 0 Å². The Morgan fingerprint density at radius 3 is 2.74 bits per heavy atom. The van der Waals surface area contributed by atoms with E-state index in [4.69, 9.17) is 16.0 Å². The monoisotopic (exact) mass is 281 g/mol. The van der Waals surface area contributed by atoms with E-state index in [9.17, 15) is 4.39 Å². The summed E-state index contributed by atoms with van der Waals surface area (Å²) in [5, 5.41) is 3.81. The molecule has 1 aromatic heterocycles. The van der Waals surface area contributed by atoms with Crippen LogP contribution in [0.15, 0.2) is 41.0 Å². The molecule has 1 heterocycles. The van der Waals surface area contributed by atoms with E-state index in [2.05, 4.69) is 5.32 Å². The van der Waals surface area contributed by atoms with Crippen molar-refractivity contribution in [1.29, 1.82) is 0 Å². The molecule has 102 valence electrons. The van der Waals surface area contributed by atoms with Gasteiger partial charge < -0.3 is 9.73 Å². The van der Waals surface area contributed by atoms with Crippen LogP contribution in [-0.4, -0.2) is 12.6 Å². The second-order valence-electron chi connectivity index (χ2n) is 4.44. The summed E-state index contributed by atoms with van der Waals surface area (Å²) in [4.78, 5) is 0. The van der Waals surface area contributed by atoms with Gasteiger partial charge in [-0.25, -0.2) is 4.39 Å². The summed E-state index contributed by atoms with van der Waals surface area (Å²) in [6.07, 6.45) is 2.90. The minimum absolute atomic E-state index is 0.102. The van der Waals surface area contributed by atoms with Gasteiger partial charge in [-0.15, -0.1) is 0 Å². The normalized spacial score (nSPS) is 12.6. The molecule has 0 spiro atoms. The Balaban J connectivity index is 2.12. The highest BCUT2D eigenvalue weighted by atomic mass is 35.5. The van der Waals surface area contributed by atoms with Crippen molar-refractivity contribution in [3.05, 3.63) is 58.8 Å². The van der Waals surface area contributed by atoms with Crippen molar-refractivity contribution in [2.24, 2.45) is 0 Å². The zero-order chi connectivity index (χ0) is 13.7. The van der Waals surface area contributed by atoms with Crippen molar-refractivity contribution in [3.8, 4) is 0 Å². The molecule has 1 aromatic carbocycles. The molecule has 0 saturated heterocycles. The topological polar surface area (TPSA) is 25.2 Å². The molecule has 0 aliphatic heterocycles. The number of likely N-dealkylation sites (N-methyl/N-ethyl adjacent to an activating group) is 1. The third-order valence-corrected chi connectivity index (χ3v) is 3.39.